The normalized spacial score (nSPS) is 10.4. The lowest BCUT2D eigenvalue weighted by atomic mass is 10.2. The van der Waals surface area contributed by atoms with E-state index in [0.29, 0.717) is 11.3 Å². The average Bonchev–Trinajstić information content (AvgIpc) is 2.29. The number of phenols is 1. The molecule has 0 saturated heterocycles. The first-order valence-corrected chi connectivity index (χ1v) is 6.01. The summed E-state index contributed by atoms with van der Waals surface area (Å²) in [6, 6.07) is 8.23. The number of rotatable bonds is 3. The fourth-order valence-corrected chi connectivity index (χ4v) is 1.93. The van der Waals surface area contributed by atoms with Gasteiger partial charge in [0.2, 0.25) is 0 Å². The molecule has 0 saturated carbocycles. The minimum Gasteiger partial charge on any atom is -0.508 e. The van der Waals surface area contributed by atoms with Crippen LogP contribution in [-0.4, -0.2) is 5.11 Å². The SMILES string of the molecule is Oc1cc(F)cc(CNc2cc(Br)ccc2F)c1. The van der Waals surface area contributed by atoms with E-state index < -0.39 is 5.82 Å². The second-order valence-electron chi connectivity index (χ2n) is 3.80. The Bertz CT molecular complexity index is 555. The van der Waals surface area contributed by atoms with Gasteiger partial charge in [-0.25, -0.2) is 8.78 Å². The van der Waals surface area contributed by atoms with Crippen LogP contribution < -0.4 is 5.32 Å². The third-order valence-electron chi connectivity index (χ3n) is 2.35. The Morgan fingerprint density at radius 1 is 1.11 bits per heavy atom. The molecule has 18 heavy (non-hydrogen) atoms. The highest BCUT2D eigenvalue weighted by molar-refractivity contribution is 9.10. The molecule has 2 nitrogen and oxygen atoms in total. The van der Waals surface area contributed by atoms with E-state index in [9.17, 15) is 13.9 Å². The van der Waals surface area contributed by atoms with Gasteiger partial charge in [0, 0.05) is 17.1 Å². The molecule has 5 heteroatoms. The van der Waals surface area contributed by atoms with Crippen molar-refractivity contribution >= 4 is 21.6 Å². The largest absolute Gasteiger partial charge is 0.508 e. The minimum absolute atomic E-state index is 0.151. The van der Waals surface area contributed by atoms with E-state index in [1.807, 2.05) is 0 Å². The van der Waals surface area contributed by atoms with Gasteiger partial charge in [-0.2, -0.15) is 0 Å². The molecule has 0 fully saturated rings. The molecule has 0 atom stereocenters. The van der Waals surface area contributed by atoms with Crippen LogP contribution >= 0.6 is 15.9 Å². The fourth-order valence-electron chi connectivity index (χ4n) is 1.57. The Morgan fingerprint density at radius 2 is 1.89 bits per heavy atom. The summed E-state index contributed by atoms with van der Waals surface area (Å²) in [5, 5.41) is 12.1. The van der Waals surface area contributed by atoms with Crippen LogP contribution in [0.4, 0.5) is 14.5 Å². The highest BCUT2D eigenvalue weighted by Gasteiger charge is 2.04. The molecule has 0 aromatic heterocycles. The van der Waals surface area contributed by atoms with Crippen molar-refractivity contribution in [2.45, 2.75) is 6.54 Å². The monoisotopic (exact) mass is 313 g/mol. The maximum absolute atomic E-state index is 13.4. The number of halogens is 3. The van der Waals surface area contributed by atoms with Crippen molar-refractivity contribution in [1.29, 1.82) is 0 Å². The van der Waals surface area contributed by atoms with Gasteiger partial charge in [-0.3, -0.25) is 0 Å². The maximum atomic E-state index is 13.4. The molecule has 2 N–H and O–H groups in total. The van der Waals surface area contributed by atoms with E-state index in [1.165, 1.54) is 18.2 Å². The predicted molar refractivity (Wildman–Crippen MR) is 69.5 cm³/mol. The minimum atomic E-state index is -0.526. The first kappa shape index (κ1) is 12.8. The number of anilines is 1. The number of nitrogens with one attached hydrogen (secondary N) is 1. The van der Waals surface area contributed by atoms with E-state index in [-0.39, 0.29) is 18.1 Å². The third kappa shape index (κ3) is 3.20. The number of aromatic hydroxyl groups is 1. The van der Waals surface area contributed by atoms with Gasteiger partial charge in [0.15, 0.2) is 0 Å². The van der Waals surface area contributed by atoms with Gasteiger partial charge in [0.05, 0.1) is 5.69 Å². The summed E-state index contributed by atoms with van der Waals surface area (Å²) >= 11 is 3.24. The molecule has 2 rings (SSSR count). The molecule has 0 aliphatic heterocycles. The number of phenolic OH excluding ortho intramolecular Hbond substituents is 1. The lowest BCUT2D eigenvalue weighted by Crippen LogP contribution is -2.01. The van der Waals surface area contributed by atoms with Crippen LogP contribution in [0.25, 0.3) is 0 Å². The van der Waals surface area contributed by atoms with Crippen molar-refractivity contribution in [3.63, 3.8) is 0 Å². The lowest BCUT2D eigenvalue weighted by molar-refractivity contribution is 0.468. The molecule has 0 aliphatic carbocycles. The summed E-state index contributed by atoms with van der Waals surface area (Å²) in [4.78, 5) is 0. The van der Waals surface area contributed by atoms with Crippen molar-refractivity contribution < 1.29 is 13.9 Å². The first-order valence-electron chi connectivity index (χ1n) is 5.22. The topological polar surface area (TPSA) is 32.3 Å². The molecule has 0 bridgehead atoms. The van der Waals surface area contributed by atoms with Crippen LogP contribution in [0.2, 0.25) is 0 Å². The van der Waals surface area contributed by atoms with Crippen molar-refractivity contribution in [2.24, 2.45) is 0 Å². The van der Waals surface area contributed by atoms with Crippen LogP contribution in [0.1, 0.15) is 5.56 Å². The Labute approximate surface area is 111 Å². The fraction of sp³-hybridized carbons (Fsp3) is 0.0769. The summed E-state index contributed by atoms with van der Waals surface area (Å²) in [5.41, 5.74) is 0.847. The zero-order valence-electron chi connectivity index (χ0n) is 9.25. The Hall–Kier alpha value is -1.62. The standard InChI is InChI=1S/C13H10BrF2NO/c14-9-1-2-12(16)13(5-9)17-7-8-3-10(15)6-11(18)4-8/h1-6,17-18H,7H2. The summed E-state index contributed by atoms with van der Waals surface area (Å²) in [7, 11) is 0. The van der Waals surface area contributed by atoms with E-state index in [2.05, 4.69) is 21.2 Å². The zero-order valence-corrected chi connectivity index (χ0v) is 10.8. The Balaban J connectivity index is 2.13. The van der Waals surface area contributed by atoms with Crippen LogP contribution in [0.3, 0.4) is 0 Å². The van der Waals surface area contributed by atoms with Gasteiger partial charge < -0.3 is 10.4 Å². The van der Waals surface area contributed by atoms with Crippen molar-refractivity contribution in [3.8, 4) is 5.75 Å². The lowest BCUT2D eigenvalue weighted by Gasteiger charge is -2.08. The Morgan fingerprint density at radius 3 is 2.61 bits per heavy atom. The molecule has 0 aliphatic rings. The molecule has 0 unspecified atom stereocenters. The highest BCUT2D eigenvalue weighted by atomic mass is 79.9. The van der Waals surface area contributed by atoms with E-state index in [4.69, 9.17) is 0 Å². The third-order valence-corrected chi connectivity index (χ3v) is 2.85. The van der Waals surface area contributed by atoms with Crippen molar-refractivity contribution in [1.82, 2.24) is 0 Å². The molecule has 0 spiro atoms. The number of hydrogen-bond donors (Lipinski definition) is 2. The van der Waals surface area contributed by atoms with Crippen LogP contribution in [0.15, 0.2) is 40.9 Å². The van der Waals surface area contributed by atoms with Gasteiger partial charge in [-0.15, -0.1) is 0 Å². The molecule has 0 radical (unpaired) electrons. The molecular formula is C13H10BrF2NO. The van der Waals surface area contributed by atoms with Crippen molar-refractivity contribution in [3.05, 3.63) is 58.1 Å². The van der Waals surface area contributed by atoms with Gasteiger partial charge in [0.1, 0.15) is 17.4 Å². The molecule has 0 heterocycles. The summed E-state index contributed by atoms with van der Waals surface area (Å²) in [5.74, 6) is -1.07. The number of hydrogen-bond acceptors (Lipinski definition) is 2. The quantitative estimate of drug-likeness (QED) is 0.896. The van der Waals surface area contributed by atoms with Gasteiger partial charge in [0.25, 0.3) is 0 Å². The maximum Gasteiger partial charge on any atom is 0.146 e. The zero-order chi connectivity index (χ0) is 13.1. The molecular weight excluding hydrogens is 304 g/mol. The van der Waals surface area contributed by atoms with E-state index in [1.54, 1.807) is 12.1 Å². The second-order valence-corrected chi connectivity index (χ2v) is 4.71. The van der Waals surface area contributed by atoms with E-state index in [0.717, 1.165) is 10.5 Å². The predicted octanol–water partition coefficient (Wildman–Crippen LogP) is 4.05. The number of benzene rings is 2. The summed E-state index contributed by atoms with van der Waals surface area (Å²) in [6.07, 6.45) is 0. The van der Waals surface area contributed by atoms with Crippen molar-refractivity contribution in [2.75, 3.05) is 5.32 Å². The van der Waals surface area contributed by atoms with Crippen LogP contribution in [-0.2, 0) is 6.54 Å². The van der Waals surface area contributed by atoms with Crippen LogP contribution in [0.5, 0.6) is 5.75 Å². The molecule has 2 aromatic carbocycles. The molecule has 0 amide bonds. The first-order chi connectivity index (χ1) is 8.54. The van der Waals surface area contributed by atoms with Gasteiger partial charge in [-0.1, -0.05) is 15.9 Å². The van der Waals surface area contributed by atoms with Crippen LogP contribution in [0, 0.1) is 11.6 Å². The second kappa shape index (κ2) is 5.35. The van der Waals surface area contributed by atoms with E-state index >= 15 is 0 Å². The summed E-state index contributed by atoms with van der Waals surface area (Å²) < 4.78 is 27.2. The Kier molecular flexibility index (Phi) is 3.81. The summed E-state index contributed by atoms with van der Waals surface area (Å²) in [6.45, 7) is 0.221. The van der Waals surface area contributed by atoms with Gasteiger partial charge >= 0.3 is 0 Å². The highest BCUT2D eigenvalue weighted by Crippen LogP contribution is 2.21. The smallest absolute Gasteiger partial charge is 0.146 e. The molecule has 94 valence electrons. The molecule has 2 aromatic rings. The average molecular weight is 314 g/mol. The van der Waals surface area contributed by atoms with Gasteiger partial charge in [-0.05, 0) is 35.9 Å².